The molecule has 0 aromatic heterocycles. The fourth-order valence-corrected chi connectivity index (χ4v) is 3.11. The molecule has 3 aromatic rings. The van der Waals surface area contributed by atoms with Crippen LogP contribution in [-0.4, -0.2) is 39.7 Å². The van der Waals surface area contributed by atoms with Gasteiger partial charge in [0.2, 0.25) is 0 Å². The fourth-order valence-electron chi connectivity index (χ4n) is 2.83. The number of amides is 2. The van der Waals surface area contributed by atoms with E-state index in [0.29, 0.717) is 39.3 Å². The van der Waals surface area contributed by atoms with Crippen molar-refractivity contribution in [1.82, 2.24) is 5.43 Å². The lowest BCUT2D eigenvalue weighted by Crippen LogP contribution is -2.24. The largest absolute Gasteiger partial charge is 0.493 e. The molecule has 0 heterocycles. The Balaban J connectivity index is 1.55. The van der Waals surface area contributed by atoms with Gasteiger partial charge in [0.05, 0.1) is 25.5 Å². The SMILES string of the molecule is COc1ccccc1OCCOc1c(Cl)cc(/C=N/NC(=O)Nc2ccccc2)cc1OC. The summed E-state index contributed by atoms with van der Waals surface area (Å²) in [6.07, 6.45) is 1.45. The molecular formula is C24H24ClN3O5. The Kier molecular flexibility index (Phi) is 8.79. The normalized spacial score (nSPS) is 10.5. The molecule has 0 aliphatic heterocycles. The Labute approximate surface area is 197 Å². The van der Waals surface area contributed by atoms with Crippen molar-refractivity contribution in [1.29, 1.82) is 0 Å². The van der Waals surface area contributed by atoms with E-state index in [1.54, 1.807) is 31.4 Å². The molecule has 0 spiro atoms. The zero-order chi connectivity index (χ0) is 23.5. The first-order chi connectivity index (χ1) is 16.1. The van der Waals surface area contributed by atoms with Crippen molar-refractivity contribution in [3.8, 4) is 23.0 Å². The number of carbonyl (C=O) groups excluding carboxylic acids is 1. The highest BCUT2D eigenvalue weighted by molar-refractivity contribution is 6.32. The van der Waals surface area contributed by atoms with E-state index in [4.69, 9.17) is 30.5 Å². The number of hydrazone groups is 1. The molecule has 9 heteroatoms. The van der Waals surface area contributed by atoms with E-state index in [9.17, 15) is 4.79 Å². The minimum Gasteiger partial charge on any atom is -0.493 e. The molecule has 33 heavy (non-hydrogen) atoms. The molecular weight excluding hydrogens is 446 g/mol. The number of hydrogen-bond donors (Lipinski definition) is 2. The van der Waals surface area contributed by atoms with Crippen molar-refractivity contribution < 1.29 is 23.7 Å². The third-order valence-corrected chi connectivity index (χ3v) is 4.60. The maximum Gasteiger partial charge on any atom is 0.339 e. The van der Waals surface area contributed by atoms with Crippen LogP contribution in [0, 0.1) is 0 Å². The fraction of sp³-hybridized carbons (Fsp3) is 0.167. The number of methoxy groups -OCH3 is 2. The highest BCUT2D eigenvalue weighted by atomic mass is 35.5. The smallest absolute Gasteiger partial charge is 0.339 e. The van der Waals surface area contributed by atoms with Gasteiger partial charge >= 0.3 is 6.03 Å². The molecule has 0 fully saturated rings. The maximum atomic E-state index is 11.9. The number of halogens is 1. The number of rotatable bonds is 10. The molecule has 0 bridgehead atoms. The molecule has 3 rings (SSSR count). The van der Waals surface area contributed by atoms with E-state index in [1.807, 2.05) is 42.5 Å². The van der Waals surface area contributed by atoms with Crippen LogP contribution in [-0.2, 0) is 0 Å². The van der Waals surface area contributed by atoms with Gasteiger partial charge in [-0.2, -0.15) is 5.10 Å². The monoisotopic (exact) mass is 469 g/mol. The number of nitrogens with zero attached hydrogens (tertiary/aromatic N) is 1. The summed E-state index contributed by atoms with van der Waals surface area (Å²) in [5.41, 5.74) is 3.67. The molecule has 3 aromatic carbocycles. The number of carbonyl (C=O) groups is 1. The van der Waals surface area contributed by atoms with Gasteiger partial charge in [-0.05, 0) is 42.0 Å². The van der Waals surface area contributed by atoms with Crippen LogP contribution in [0.1, 0.15) is 5.56 Å². The molecule has 172 valence electrons. The molecule has 0 saturated carbocycles. The third kappa shape index (κ3) is 7.05. The molecule has 2 N–H and O–H groups in total. The van der Waals surface area contributed by atoms with E-state index in [1.165, 1.54) is 13.3 Å². The van der Waals surface area contributed by atoms with Gasteiger partial charge in [0.1, 0.15) is 13.2 Å². The van der Waals surface area contributed by atoms with Gasteiger partial charge in [0, 0.05) is 5.69 Å². The number of ether oxygens (including phenoxy) is 4. The predicted molar refractivity (Wildman–Crippen MR) is 128 cm³/mol. The first kappa shape index (κ1) is 23.7. The Morgan fingerprint density at radius 3 is 2.30 bits per heavy atom. The van der Waals surface area contributed by atoms with Crippen molar-refractivity contribution in [3.63, 3.8) is 0 Å². The van der Waals surface area contributed by atoms with Crippen molar-refractivity contribution in [3.05, 3.63) is 77.3 Å². The minimum absolute atomic E-state index is 0.239. The predicted octanol–water partition coefficient (Wildman–Crippen LogP) is 4.97. The zero-order valence-corrected chi connectivity index (χ0v) is 19.0. The summed E-state index contributed by atoms with van der Waals surface area (Å²) in [5, 5.41) is 6.93. The van der Waals surface area contributed by atoms with E-state index in [0.717, 1.165) is 0 Å². The lowest BCUT2D eigenvalue weighted by molar-refractivity contribution is 0.206. The van der Waals surface area contributed by atoms with E-state index < -0.39 is 6.03 Å². The Morgan fingerprint density at radius 2 is 1.58 bits per heavy atom. The molecule has 0 saturated heterocycles. The van der Waals surface area contributed by atoms with Crippen LogP contribution in [0.3, 0.4) is 0 Å². The van der Waals surface area contributed by atoms with Gasteiger partial charge in [-0.25, -0.2) is 10.2 Å². The van der Waals surface area contributed by atoms with Crippen molar-refractivity contribution in [2.24, 2.45) is 5.10 Å². The highest BCUT2D eigenvalue weighted by Crippen LogP contribution is 2.36. The molecule has 8 nitrogen and oxygen atoms in total. The number of urea groups is 1. The maximum absolute atomic E-state index is 11.9. The first-order valence-electron chi connectivity index (χ1n) is 10.0. The molecule has 0 aliphatic rings. The standard InChI is InChI=1S/C24H24ClN3O5/c1-30-20-10-6-7-11-21(20)32-12-13-33-23-19(25)14-17(15-22(23)31-2)16-26-28-24(29)27-18-8-4-3-5-9-18/h3-11,14-16H,12-13H2,1-2H3,(H2,27,28,29)/b26-16+. The van der Waals surface area contributed by atoms with Crippen LogP contribution < -0.4 is 29.7 Å². The van der Waals surface area contributed by atoms with Gasteiger partial charge < -0.3 is 24.3 Å². The van der Waals surface area contributed by atoms with Crippen LogP contribution >= 0.6 is 11.6 Å². The lowest BCUT2D eigenvalue weighted by Gasteiger charge is -2.14. The molecule has 0 atom stereocenters. The van der Waals surface area contributed by atoms with Crippen molar-refractivity contribution >= 4 is 29.5 Å². The van der Waals surface area contributed by atoms with Gasteiger partial charge in [-0.15, -0.1) is 0 Å². The second-order valence-corrected chi connectivity index (χ2v) is 6.98. The zero-order valence-electron chi connectivity index (χ0n) is 18.2. The van der Waals surface area contributed by atoms with E-state index in [2.05, 4.69) is 15.8 Å². The topological polar surface area (TPSA) is 90.4 Å². The summed E-state index contributed by atoms with van der Waals surface area (Å²) in [7, 11) is 3.09. The number of hydrogen-bond acceptors (Lipinski definition) is 6. The summed E-state index contributed by atoms with van der Waals surface area (Å²) < 4.78 is 22.1. The van der Waals surface area contributed by atoms with Crippen LogP contribution in [0.4, 0.5) is 10.5 Å². The summed E-state index contributed by atoms with van der Waals surface area (Å²) in [6, 6.07) is 19.3. The van der Waals surface area contributed by atoms with Gasteiger partial charge in [-0.3, -0.25) is 0 Å². The third-order valence-electron chi connectivity index (χ3n) is 4.32. The molecule has 0 aliphatic carbocycles. The van der Waals surface area contributed by atoms with Crippen LogP contribution in [0.15, 0.2) is 71.8 Å². The van der Waals surface area contributed by atoms with E-state index >= 15 is 0 Å². The number of benzene rings is 3. The average Bonchev–Trinajstić information content (AvgIpc) is 2.83. The molecule has 0 radical (unpaired) electrons. The number of nitrogens with one attached hydrogen (secondary N) is 2. The summed E-state index contributed by atoms with van der Waals surface area (Å²) in [6.45, 7) is 0.520. The van der Waals surface area contributed by atoms with Crippen molar-refractivity contribution in [2.75, 3.05) is 32.8 Å². The van der Waals surface area contributed by atoms with Crippen LogP contribution in [0.5, 0.6) is 23.0 Å². The van der Waals surface area contributed by atoms with Crippen LogP contribution in [0.25, 0.3) is 0 Å². The van der Waals surface area contributed by atoms with Crippen molar-refractivity contribution in [2.45, 2.75) is 0 Å². The summed E-state index contributed by atoms with van der Waals surface area (Å²) in [5.74, 6) is 2.07. The van der Waals surface area contributed by atoms with E-state index in [-0.39, 0.29) is 13.2 Å². The second-order valence-electron chi connectivity index (χ2n) is 6.57. The first-order valence-corrected chi connectivity index (χ1v) is 10.4. The Morgan fingerprint density at radius 1 is 0.909 bits per heavy atom. The summed E-state index contributed by atoms with van der Waals surface area (Å²) >= 11 is 6.38. The number of para-hydroxylation sites is 3. The highest BCUT2D eigenvalue weighted by Gasteiger charge is 2.12. The molecule has 0 unspecified atom stereocenters. The second kappa shape index (κ2) is 12.2. The average molecular weight is 470 g/mol. The van der Waals surface area contributed by atoms with Gasteiger partial charge in [-0.1, -0.05) is 41.9 Å². The summed E-state index contributed by atoms with van der Waals surface area (Å²) in [4.78, 5) is 11.9. The quantitative estimate of drug-likeness (QED) is 0.248. The Hall–Kier alpha value is -3.91. The Bertz CT molecular complexity index is 1090. The van der Waals surface area contributed by atoms with Gasteiger partial charge in [0.15, 0.2) is 23.0 Å². The number of anilines is 1. The lowest BCUT2D eigenvalue weighted by atomic mass is 10.2. The molecule has 2 amide bonds. The van der Waals surface area contributed by atoms with Crippen LogP contribution in [0.2, 0.25) is 5.02 Å². The minimum atomic E-state index is -0.467. The van der Waals surface area contributed by atoms with Gasteiger partial charge in [0.25, 0.3) is 0 Å².